The molecule has 0 unspecified atom stereocenters. The number of aliphatic carboxylic acids is 1. The number of amides is 1. The molecule has 5 heteroatoms. The molecule has 0 saturated heterocycles. The number of carboxylic acids is 1. The van der Waals surface area contributed by atoms with Crippen molar-refractivity contribution < 1.29 is 19.8 Å². The molecule has 0 heterocycles. The lowest BCUT2D eigenvalue weighted by molar-refractivity contribution is -0.137. The van der Waals surface area contributed by atoms with Crippen LogP contribution in [0.2, 0.25) is 0 Å². The summed E-state index contributed by atoms with van der Waals surface area (Å²) < 4.78 is 0. The molecule has 0 atom stereocenters. The van der Waals surface area contributed by atoms with Gasteiger partial charge in [-0.25, -0.2) is 0 Å². The number of carbonyl (C=O) groups is 2. The first-order valence-corrected chi connectivity index (χ1v) is 9.54. The standard InChI is InChI=1S/C24H23NO4/c26-22-15-7-5-13-20(22)24(29)25(17-9-8-16-23(27)28)21-14-6-4-12-19(21)18-10-2-1-3-11-18/h1-7,10-15,26H,8-9,16-17H2,(H,27,28). The molecule has 0 fully saturated rings. The predicted octanol–water partition coefficient (Wildman–Crippen LogP) is 4.96. The second kappa shape index (κ2) is 9.55. The van der Waals surface area contributed by atoms with Crippen LogP contribution in [0.25, 0.3) is 11.1 Å². The second-order valence-corrected chi connectivity index (χ2v) is 6.71. The van der Waals surface area contributed by atoms with Gasteiger partial charge in [-0.15, -0.1) is 0 Å². The third-order valence-corrected chi connectivity index (χ3v) is 4.68. The minimum Gasteiger partial charge on any atom is -0.507 e. The van der Waals surface area contributed by atoms with Crippen molar-refractivity contribution in [1.82, 2.24) is 0 Å². The largest absolute Gasteiger partial charge is 0.507 e. The zero-order chi connectivity index (χ0) is 20.6. The van der Waals surface area contributed by atoms with Crippen molar-refractivity contribution in [1.29, 1.82) is 0 Å². The van der Waals surface area contributed by atoms with Gasteiger partial charge in [0.05, 0.1) is 11.3 Å². The highest BCUT2D eigenvalue weighted by Crippen LogP contribution is 2.33. The Kier molecular flexibility index (Phi) is 6.63. The third-order valence-electron chi connectivity index (χ3n) is 4.68. The monoisotopic (exact) mass is 389 g/mol. The van der Waals surface area contributed by atoms with Gasteiger partial charge in [0.1, 0.15) is 5.75 Å². The van der Waals surface area contributed by atoms with Gasteiger partial charge in [0.15, 0.2) is 0 Å². The maximum Gasteiger partial charge on any atom is 0.303 e. The van der Waals surface area contributed by atoms with Gasteiger partial charge in [-0.2, -0.15) is 0 Å². The fraction of sp³-hybridized carbons (Fsp3) is 0.167. The van der Waals surface area contributed by atoms with E-state index in [4.69, 9.17) is 5.11 Å². The van der Waals surface area contributed by atoms with Crippen LogP contribution in [0.3, 0.4) is 0 Å². The molecule has 5 nitrogen and oxygen atoms in total. The molecule has 0 aliphatic rings. The van der Waals surface area contributed by atoms with Crippen molar-refractivity contribution in [2.45, 2.75) is 19.3 Å². The Morgan fingerprint density at radius 3 is 2.17 bits per heavy atom. The Morgan fingerprint density at radius 1 is 0.793 bits per heavy atom. The number of rotatable bonds is 8. The van der Waals surface area contributed by atoms with Crippen molar-refractivity contribution >= 4 is 17.6 Å². The van der Waals surface area contributed by atoms with E-state index >= 15 is 0 Å². The molecule has 3 rings (SSSR count). The minimum absolute atomic E-state index is 0.0545. The lowest BCUT2D eigenvalue weighted by Gasteiger charge is -2.26. The summed E-state index contributed by atoms with van der Waals surface area (Å²) >= 11 is 0. The van der Waals surface area contributed by atoms with E-state index in [2.05, 4.69) is 0 Å². The summed E-state index contributed by atoms with van der Waals surface area (Å²) in [6.07, 6.45) is 1.06. The van der Waals surface area contributed by atoms with E-state index in [1.807, 2.05) is 54.6 Å². The average molecular weight is 389 g/mol. The van der Waals surface area contributed by atoms with Crippen molar-refractivity contribution in [2.75, 3.05) is 11.4 Å². The van der Waals surface area contributed by atoms with E-state index in [0.717, 1.165) is 16.8 Å². The van der Waals surface area contributed by atoms with E-state index in [1.54, 1.807) is 23.1 Å². The van der Waals surface area contributed by atoms with Crippen LogP contribution in [0.5, 0.6) is 5.75 Å². The zero-order valence-electron chi connectivity index (χ0n) is 16.0. The normalized spacial score (nSPS) is 10.5. The number of hydrogen-bond acceptors (Lipinski definition) is 3. The van der Waals surface area contributed by atoms with E-state index in [1.165, 1.54) is 6.07 Å². The van der Waals surface area contributed by atoms with Crippen LogP contribution in [0.4, 0.5) is 5.69 Å². The number of phenols is 1. The van der Waals surface area contributed by atoms with Crippen molar-refractivity contribution in [2.24, 2.45) is 0 Å². The van der Waals surface area contributed by atoms with E-state index in [-0.39, 0.29) is 23.6 Å². The molecule has 148 valence electrons. The topological polar surface area (TPSA) is 77.8 Å². The highest BCUT2D eigenvalue weighted by Gasteiger charge is 2.22. The first-order chi connectivity index (χ1) is 14.1. The lowest BCUT2D eigenvalue weighted by Crippen LogP contribution is -2.32. The van der Waals surface area contributed by atoms with Crippen molar-refractivity contribution in [3.8, 4) is 16.9 Å². The number of hydrogen-bond donors (Lipinski definition) is 2. The van der Waals surface area contributed by atoms with Gasteiger partial charge in [-0.1, -0.05) is 60.7 Å². The molecule has 0 spiro atoms. The van der Waals surface area contributed by atoms with Crippen LogP contribution in [-0.2, 0) is 4.79 Å². The number of nitrogens with zero attached hydrogens (tertiary/aromatic N) is 1. The van der Waals surface area contributed by atoms with E-state index in [9.17, 15) is 14.7 Å². The molecular weight excluding hydrogens is 366 g/mol. The van der Waals surface area contributed by atoms with Gasteiger partial charge in [-0.3, -0.25) is 9.59 Å². The minimum atomic E-state index is -0.853. The summed E-state index contributed by atoms with van der Waals surface area (Å²) in [5.74, 6) is -1.25. The number of aromatic hydroxyl groups is 1. The number of carboxylic acid groups (broad SMARTS) is 1. The maximum atomic E-state index is 13.3. The fourth-order valence-corrected chi connectivity index (χ4v) is 3.25. The summed E-state index contributed by atoms with van der Waals surface area (Å²) in [7, 11) is 0. The molecule has 0 aromatic heterocycles. The Labute approximate surface area is 169 Å². The molecule has 1 amide bonds. The molecule has 0 aliphatic carbocycles. The molecule has 3 aromatic carbocycles. The third kappa shape index (κ3) is 5.02. The van der Waals surface area contributed by atoms with Crippen LogP contribution >= 0.6 is 0 Å². The first kappa shape index (κ1) is 20.1. The van der Waals surface area contributed by atoms with E-state index in [0.29, 0.717) is 19.4 Å². The van der Waals surface area contributed by atoms with Crippen LogP contribution in [-0.4, -0.2) is 28.6 Å². The van der Waals surface area contributed by atoms with Crippen LogP contribution < -0.4 is 4.90 Å². The quantitative estimate of drug-likeness (QED) is 0.534. The first-order valence-electron chi connectivity index (χ1n) is 9.54. The number of benzene rings is 3. The van der Waals surface area contributed by atoms with Crippen LogP contribution in [0.15, 0.2) is 78.9 Å². The molecule has 0 saturated carbocycles. The molecular formula is C24H23NO4. The summed E-state index contributed by atoms with van der Waals surface area (Å²) in [6.45, 7) is 0.351. The number of unbranched alkanes of at least 4 members (excludes halogenated alkanes) is 1. The number of phenolic OH excluding ortho intramolecular Hbond substituents is 1. The van der Waals surface area contributed by atoms with Crippen LogP contribution in [0, 0.1) is 0 Å². The summed E-state index contributed by atoms with van der Waals surface area (Å²) in [6, 6.07) is 23.8. The molecule has 0 aliphatic heterocycles. The van der Waals surface area contributed by atoms with Gasteiger partial charge in [0.25, 0.3) is 5.91 Å². The fourth-order valence-electron chi connectivity index (χ4n) is 3.25. The van der Waals surface area contributed by atoms with Gasteiger partial charge >= 0.3 is 5.97 Å². The summed E-state index contributed by atoms with van der Waals surface area (Å²) in [4.78, 5) is 25.8. The molecule has 2 N–H and O–H groups in total. The highest BCUT2D eigenvalue weighted by atomic mass is 16.4. The van der Waals surface area contributed by atoms with Gasteiger partial charge in [-0.05, 0) is 36.6 Å². The number of anilines is 1. The predicted molar refractivity (Wildman–Crippen MR) is 113 cm³/mol. The zero-order valence-corrected chi connectivity index (χ0v) is 16.0. The molecule has 3 aromatic rings. The lowest BCUT2D eigenvalue weighted by atomic mass is 10.0. The molecule has 0 bridgehead atoms. The van der Waals surface area contributed by atoms with Crippen LogP contribution in [0.1, 0.15) is 29.6 Å². The number of para-hydroxylation sites is 2. The Morgan fingerprint density at radius 2 is 1.45 bits per heavy atom. The smallest absolute Gasteiger partial charge is 0.303 e. The Hall–Kier alpha value is -3.60. The molecule has 0 radical (unpaired) electrons. The Balaban J connectivity index is 1.98. The maximum absolute atomic E-state index is 13.3. The summed E-state index contributed by atoms with van der Waals surface area (Å²) in [5.41, 5.74) is 2.81. The van der Waals surface area contributed by atoms with Gasteiger partial charge in [0, 0.05) is 18.5 Å². The summed E-state index contributed by atoms with van der Waals surface area (Å²) in [5, 5.41) is 19.1. The highest BCUT2D eigenvalue weighted by molar-refractivity contribution is 6.09. The van der Waals surface area contributed by atoms with Gasteiger partial charge in [0.2, 0.25) is 0 Å². The van der Waals surface area contributed by atoms with Crippen molar-refractivity contribution in [3.63, 3.8) is 0 Å². The SMILES string of the molecule is O=C(O)CCCCN(C(=O)c1ccccc1O)c1ccccc1-c1ccccc1. The molecule has 29 heavy (non-hydrogen) atoms. The average Bonchev–Trinajstić information content (AvgIpc) is 2.74. The Bertz CT molecular complexity index is 985. The second-order valence-electron chi connectivity index (χ2n) is 6.71. The van der Waals surface area contributed by atoms with Crippen molar-refractivity contribution in [3.05, 3.63) is 84.4 Å². The van der Waals surface area contributed by atoms with Gasteiger partial charge < -0.3 is 15.1 Å². The van der Waals surface area contributed by atoms with E-state index < -0.39 is 5.97 Å². The number of carbonyl (C=O) groups excluding carboxylic acids is 1.